The maximum atomic E-state index is 9.11. The van der Waals surface area contributed by atoms with Gasteiger partial charge in [0.15, 0.2) is 0 Å². The highest BCUT2D eigenvalue weighted by Gasteiger charge is 2.04. The Morgan fingerprint density at radius 3 is 2.94 bits per heavy atom. The summed E-state index contributed by atoms with van der Waals surface area (Å²) in [7, 11) is 0. The lowest BCUT2D eigenvalue weighted by molar-refractivity contribution is 0.266. The number of nitriles is 1. The fraction of sp³-hybridized carbons (Fsp3) is 0.231. The number of imidazole rings is 1. The maximum Gasteiger partial charge on any atom is 0.134 e. The third-order valence-corrected chi connectivity index (χ3v) is 2.76. The van der Waals surface area contributed by atoms with E-state index in [0.717, 1.165) is 11.1 Å². The summed E-state index contributed by atoms with van der Waals surface area (Å²) in [6.45, 7) is 2.57. The summed E-state index contributed by atoms with van der Waals surface area (Å²) in [5.41, 5.74) is 2.86. The zero-order valence-electron chi connectivity index (χ0n) is 9.59. The first-order valence-electron chi connectivity index (χ1n) is 5.35. The van der Waals surface area contributed by atoms with Gasteiger partial charge in [-0.25, -0.2) is 4.98 Å². The maximum absolute atomic E-state index is 9.11. The second-order valence-corrected chi connectivity index (χ2v) is 3.88. The predicted octanol–water partition coefficient (Wildman–Crippen LogP) is 1.60. The van der Waals surface area contributed by atoms with E-state index in [9.17, 15) is 0 Å². The zero-order chi connectivity index (χ0) is 12.3. The van der Waals surface area contributed by atoms with Crippen molar-refractivity contribution in [3.05, 3.63) is 53.1 Å². The molecule has 0 atom stereocenters. The van der Waals surface area contributed by atoms with E-state index < -0.39 is 0 Å². The van der Waals surface area contributed by atoms with E-state index in [-0.39, 0.29) is 6.61 Å². The van der Waals surface area contributed by atoms with Crippen molar-refractivity contribution in [3.8, 4) is 6.07 Å². The van der Waals surface area contributed by atoms with Crippen LogP contribution in [0, 0.1) is 18.3 Å². The van der Waals surface area contributed by atoms with Gasteiger partial charge in [0.25, 0.3) is 0 Å². The number of hydrogen-bond donors (Lipinski definition) is 1. The lowest BCUT2D eigenvalue weighted by atomic mass is 10.1. The molecule has 4 heteroatoms. The van der Waals surface area contributed by atoms with Crippen molar-refractivity contribution in [1.29, 1.82) is 5.26 Å². The molecule has 0 saturated heterocycles. The van der Waals surface area contributed by atoms with Gasteiger partial charge in [0.1, 0.15) is 12.4 Å². The minimum absolute atomic E-state index is 0.0671. The molecular formula is C13H13N3O. The summed E-state index contributed by atoms with van der Waals surface area (Å²) < 4.78 is 1.90. The fourth-order valence-corrected chi connectivity index (χ4v) is 1.76. The molecule has 0 aliphatic carbocycles. The second-order valence-electron chi connectivity index (χ2n) is 3.88. The second kappa shape index (κ2) is 4.81. The van der Waals surface area contributed by atoms with Gasteiger partial charge in [0.05, 0.1) is 11.6 Å². The molecule has 4 nitrogen and oxygen atoms in total. The quantitative estimate of drug-likeness (QED) is 0.866. The molecule has 0 aliphatic heterocycles. The number of benzene rings is 1. The van der Waals surface area contributed by atoms with Gasteiger partial charge in [-0.05, 0) is 30.2 Å². The van der Waals surface area contributed by atoms with Crippen LogP contribution in [-0.2, 0) is 13.2 Å². The normalized spacial score (nSPS) is 10.2. The molecule has 1 aromatic carbocycles. The van der Waals surface area contributed by atoms with E-state index in [1.807, 2.05) is 29.8 Å². The van der Waals surface area contributed by atoms with Crippen LogP contribution >= 0.6 is 0 Å². The number of aliphatic hydroxyl groups is 1. The summed E-state index contributed by atoms with van der Waals surface area (Å²) >= 11 is 0. The summed E-state index contributed by atoms with van der Waals surface area (Å²) in [5.74, 6) is 0.647. The van der Waals surface area contributed by atoms with Gasteiger partial charge in [0.2, 0.25) is 0 Å². The molecule has 2 aromatic rings. The van der Waals surface area contributed by atoms with Crippen molar-refractivity contribution in [1.82, 2.24) is 9.55 Å². The van der Waals surface area contributed by atoms with Crippen LogP contribution in [0.5, 0.6) is 0 Å². The summed E-state index contributed by atoms with van der Waals surface area (Å²) in [6.07, 6.45) is 3.51. The molecule has 1 N–H and O–H groups in total. The molecule has 0 bridgehead atoms. The van der Waals surface area contributed by atoms with E-state index in [1.54, 1.807) is 12.3 Å². The lowest BCUT2D eigenvalue weighted by Gasteiger charge is -2.09. The minimum Gasteiger partial charge on any atom is -0.388 e. The molecule has 0 radical (unpaired) electrons. The van der Waals surface area contributed by atoms with Crippen LogP contribution in [0.4, 0.5) is 0 Å². The highest BCUT2D eigenvalue weighted by molar-refractivity contribution is 5.37. The Labute approximate surface area is 99.8 Å². The third kappa shape index (κ3) is 2.35. The summed E-state index contributed by atoms with van der Waals surface area (Å²) in [6, 6.07) is 7.73. The Balaban J connectivity index is 2.28. The van der Waals surface area contributed by atoms with E-state index in [4.69, 9.17) is 10.4 Å². The SMILES string of the molecule is Cc1cc(C#N)ccc1Cn1ccnc1CO. The average molecular weight is 227 g/mol. The molecule has 2 rings (SSSR count). The first-order valence-corrected chi connectivity index (χ1v) is 5.35. The Kier molecular flexibility index (Phi) is 3.22. The molecule has 0 amide bonds. The molecule has 0 saturated carbocycles. The van der Waals surface area contributed by atoms with Gasteiger partial charge < -0.3 is 9.67 Å². The number of aliphatic hydroxyl groups excluding tert-OH is 1. The molecule has 1 heterocycles. The van der Waals surface area contributed by atoms with Crippen molar-refractivity contribution in [2.45, 2.75) is 20.1 Å². The van der Waals surface area contributed by atoms with Gasteiger partial charge in [-0.2, -0.15) is 5.26 Å². The highest BCUT2D eigenvalue weighted by atomic mass is 16.3. The standard InChI is InChI=1S/C13H13N3O/c1-10-6-11(7-14)2-3-12(10)8-16-5-4-15-13(16)9-17/h2-6,17H,8-9H2,1H3. The Morgan fingerprint density at radius 2 is 2.29 bits per heavy atom. The monoisotopic (exact) mass is 227 g/mol. The van der Waals surface area contributed by atoms with E-state index in [2.05, 4.69) is 11.1 Å². The molecule has 86 valence electrons. The average Bonchev–Trinajstić information content (AvgIpc) is 2.79. The van der Waals surface area contributed by atoms with Crippen molar-refractivity contribution in [2.75, 3.05) is 0 Å². The van der Waals surface area contributed by atoms with Crippen LogP contribution in [0.3, 0.4) is 0 Å². The summed E-state index contributed by atoms with van der Waals surface area (Å²) in [5, 5.41) is 17.9. The van der Waals surface area contributed by atoms with Gasteiger partial charge in [-0.1, -0.05) is 6.07 Å². The number of nitrogens with zero attached hydrogens (tertiary/aromatic N) is 3. The number of aromatic nitrogens is 2. The number of aryl methyl sites for hydroxylation is 1. The van der Waals surface area contributed by atoms with Crippen LogP contribution in [0.25, 0.3) is 0 Å². The Bertz CT molecular complexity index is 566. The first-order chi connectivity index (χ1) is 8.24. The topological polar surface area (TPSA) is 61.8 Å². The molecule has 1 aromatic heterocycles. The Hall–Kier alpha value is -2.12. The molecule has 0 aliphatic rings. The van der Waals surface area contributed by atoms with Gasteiger partial charge in [-0.15, -0.1) is 0 Å². The highest BCUT2D eigenvalue weighted by Crippen LogP contribution is 2.13. The molecular weight excluding hydrogens is 214 g/mol. The Morgan fingerprint density at radius 1 is 1.47 bits per heavy atom. The number of rotatable bonds is 3. The lowest BCUT2D eigenvalue weighted by Crippen LogP contribution is -2.05. The first kappa shape index (κ1) is 11.4. The van der Waals surface area contributed by atoms with Crippen LogP contribution in [-0.4, -0.2) is 14.7 Å². The van der Waals surface area contributed by atoms with Crippen molar-refractivity contribution in [3.63, 3.8) is 0 Å². The zero-order valence-corrected chi connectivity index (χ0v) is 9.59. The van der Waals surface area contributed by atoms with E-state index in [0.29, 0.717) is 17.9 Å². The number of hydrogen-bond acceptors (Lipinski definition) is 3. The predicted molar refractivity (Wildman–Crippen MR) is 63.1 cm³/mol. The smallest absolute Gasteiger partial charge is 0.134 e. The van der Waals surface area contributed by atoms with Gasteiger partial charge in [0, 0.05) is 18.9 Å². The van der Waals surface area contributed by atoms with Crippen molar-refractivity contribution < 1.29 is 5.11 Å². The van der Waals surface area contributed by atoms with E-state index >= 15 is 0 Å². The largest absolute Gasteiger partial charge is 0.388 e. The molecule has 17 heavy (non-hydrogen) atoms. The molecule has 0 unspecified atom stereocenters. The van der Waals surface area contributed by atoms with Crippen molar-refractivity contribution in [2.24, 2.45) is 0 Å². The molecule has 0 spiro atoms. The van der Waals surface area contributed by atoms with Gasteiger partial charge in [-0.3, -0.25) is 0 Å². The minimum atomic E-state index is -0.0671. The summed E-state index contributed by atoms with van der Waals surface area (Å²) in [4.78, 5) is 4.05. The third-order valence-electron chi connectivity index (χ3n) is 2.76. The van der Waals surface area contributed by atoms with Crippen LogP contribution in [0.1, 0.15) is 22.5 Å². The molecule has 0 fully saturated rings. The van der Waals surface area contributed by atoms with Crippen molar-refractivity contribution >= 4 is 0 Å². The van der Waals surface area contributed by atoms with E-state index in [1.165, 1.54) is 0 Å². The van der Waals surface area contributed by atoms with Crippen LogP contribution < -0.4 is 0 Å². The van der Waals surface area contributed by atoms with Gasteiger partial charge >= 0.3 is 0 Å². The fourth-order valence-electron chi connectivity index (χ4n) is 1.76. The van der Waals surface area contributed by atoms with Crippen LogP contribution in [0.2, 0.25) is 0 Å². The van der Waals surface area contributed by atoms with Crippen LogP contribution in [0.15, 0.2) is 30.6 Å².